The van der Waals surface area contributed by atoms with E-state index < -0.39 is 0 Å². The minimum atomic E-state index is 0.341. The first-order valence-electron chi connectivity index (χ1n) is 6.26. The van der Waals surface area contributed by atoms with Gasteiger partial charge in [-0.25, -0.2) is 4.98 Å². The monoisotopic (exact) mass is 296 g/mol. The minimum absolute atomic E-state index is 0.341. The minimum Gasteiger partial charge on any atom is -0.382 e. The standard InChI is InChI=1S/C12H16N4OS2/c1-7-6-18-11(14-7)9-10(13)16-19-12(9)15-8-3-2-4-17-5-8/h6,8,15H,2-5H2,1H3,(H2,13,16). The number of nitrogens with two attached hydrogens (primary N) is 1. The lowest BCUT2D eigenvalue weighted by atomic mass is 10.1. The first-order chi connectivity index (χ1) is 9.24. The summed E-state index contributed by atoms with van der Waals surface area (Å²) in [5.41, 5.74) is 7.93. The SMILES string of the molecule is Cc1csc(-c2c(N)nsc2NC2CCCOC2)n1. The molecule has 102 valence electrons. The Morgan fingerprint density at radius 1 is 1.53 bits per heavy atom. The topological polar surface area (TPSA) is 73.1 Å². The molecule has 3 rings (SSSR count). The van der Waals surface area contributed by atoms with Crippen molar-refractivity contribution >= 4 is 33.7 Å². The van der Waals surface area contributed by atoms with Crippen molar-refractivity contribution in [3.05, 3.63) is 11.1 Å². The highest BCUT2D eigenvalue weighted by atomic mass is 32.1. The maximum atomic E-state index is 5.98. The Balaban J connectivity index is 1.85. The molecular weight excluding hydrogens is 280 g/mol. The molecule has 2 aromatic rings. The van der Waals surface area contributed by atoms with Crippen LogP contribution in [0.15, 0.2) is 5.38 Å². The molecule has 5 nitrogen and oxygen atoms in total. The summed E-state index contributed by atoms with van der Waals surface area (Å²) >= 11 is 3.00. The first-order valence-corrected chi connectivity index (χ1v) is 7.91. The number of rotatable bonds is 3. The molecule has 1 unspecified atom stereocenters. The van der Waals surface area contributed by atoms with Gasteiger partial charge >= 0.3 is 0 Å². The van der Waals surface area contributed by atoms with Crippen molar-refractivity contribution in [3.8, 4) is 10.6 Å². The van der Waals surface area contributed by atoms with Crippen LogP contribution in [0.4, 0.5) is 10.8 Å². The normalized spacial score (nSPS) is 19.5. The summed E-state index contributed by atoms with van der Waals surface area (Å²) < 4.78 is 9.74. The van der Waals surface area contributed by atoms with Crippen LogP contribution in [0.3, 0.4) is 0 Å². The zero-order chi connectivity index (χ0) is 13.2. The quantitative estimate of drug-likeness (QED) is 0.911. The van der Waals surface area contributed by atoms with Gasteiger partial charge in [-0.2, -0.15) is 4.37 Å². The molecule has 3 N–H and O–H groups in total. The number of ether oxygens (including phenoxy) is 1. The molecule has 0 aliphatic carbocycles. The van der Waals surface area contributed by atoms with E-state index in [4.69, 9.17) is 10.5 Å². The highest BCUT2D eigenvalue weighted by Gasteiger charge is 2.20. The molecule has 0 bridgehead atoms. The van der Waals surface area contributed by atoms with Crippen LogP contribution in [-0.2, 0) is 4.74 Å². The van der Waals surface area contributed by atoms with Gasteiger partial charge in [0.25, 0.3) is 0 Å². The molecule has 0 spiro atoms. The van der Waals surface area contributed by atoms with Crippen molar-refractivity contribution in [2.45, 2.75) is 25.8 Å². The van der Waals surface area contributed by atoms with Gasteiger partial charge in [0.05, 0.1) is 18.2 Å². The lowest BCUT2D eigenvalue weighted by Gasteiger charge is -2.23. The largest absolute Gasteiger partial charge is 0.382 e. The molecule has 0 amide bonds. The van der Waals surface area contributed by atoms with Crippen LogP contribution in [0, 0.1) is 6.92 Å². The van der Waals surface area contributed by atoms with Crippen molar-refractivity contribution in [2.75, 3.05) is 24.3 Å². The number of nitrogens with zero attached hydrogens (tertiary/aromatic N) is 2. The number of aryl methyl sites for hydroxylation is 1. The van der Waals surface area contributed by atoms with Crippen LogP contribution in [0.2, 0.25) is 0 Å². The average Bonchev–Trinajstić information content (AvgIpc) is 2.97. The van der Waals surface area contributed by atoms with E-state index in [1.165, 1.54) is 11.5 Å². The van der Waals surface area contributed by atoms with Crippen LogP contribution in [-0.4, -0.2) is 28.6 Å². The molecule has 1 aliphatic rings. The summed E-state index contributed by atoms with van der Waals surface area (Å²) in [5, 5.41) is 7.46. The Morgan fingerprint density at radius 2 is 2.42 bits per heavy atom. The van der Waals surface area contributed by atoms with Crippen molar-refractivity contribution in [2.24, 2.45) is 0 Å². The number of hydrogen-bond acceptors (Lipinski definition) is 7. The van der Waals surface area contributed by atoms with E-state index in [2.05, 4.69) is 14.7 Å². The van der Waals surface area contributed by atoms with Gasteiger partial charge in [0, 0.05) is 17.7 Å². The number of hydrogen-bond donors (Lipinski definition) is 2. The molecule has 1 aliphatic heterocycles. The zero-order valence-corrected chi connectivity index (χ0v) is 12.3. The van der Waals surface area contributed by atoms with E-state index >= 15 is 0 Å². The summed E-state index contributed by atoms with van der Waals surface area (Å²) in [7, 11) is 0. The molecule has 0 radical (unpaired) electrons. The molecule has 1 saturated heterocycles. The number of anilines is 2. The van der Waals surface area contributed by atoms with Crippen molar-refractivity contribution in [3.63, 3.8) is 0 Å². The molecule has 1 fully saturated rings. The third-order valence-corrected chi connectivity index (χ3v) is 4.82. The lowest BCUT2D eigenvalue weighted by molar-refractivity contribution is 0.0877. The number of aromatic nitrogens is 2. The fourth-order valence-corrected chi connectivity index (χ4v) is 3.83. The summed E-state index contributed by atoms with van der Waals surface area (Å²) in [6.45, 7) is 3.59. The highest BCUT2D eigenvalue weighted by Crippen LogP contribution is 2.39. The maximum Gasteiger partial charge on any atom is 0.149 e. The molecule has 0 aromatic carbocycles. The van der Waals surface area contributed by atoms with Crippen LogP contribution in [0.25, 0.3) is 10.6 Å². The first kappa shape index (κ1) is 12.8. The van der Waals surface area contributed by atoms with E-state index in [1.54, 1.807) is 11.3 Å². The third-order valence-electron chi connectivity index (χ3n) is 3.05. The molecule has 19 heavy (non-hydrogen) atoms. The van der Waals surface area contributed by atoms with Crippen molar-refractivity contribution in [1.29, 1.82) is 0 Å². The Kier molecular flexibility index (Phi) is 3.67. The summed E-state index contributed by atoms with van der Waals surface area (Å²) in [5.74, 6) is 0.554. The summed E-state index contributed by atoms with van der Waals surface area (Å²) in [6.07, 6.45) is 2.21. The van der Waals surface area contributed by atoms with Crippen LogP contribution >= 0.6 is 22.9 Å². The van der Waals surface area contributed by atoms with Crippen LogP contribution in [0.1, 0.15) is 18.5 Å². The Morgan fingerprint density at radius 3 is 3.11 bits per heavy atom. The van der Waals surface area contributed by atoms with Gasteiger partial charge < -0.3 is 15.8 Å². The molecule has 1 atom stereocenters. The second-order valence-electron chi connectivity index (χ2n) is 4.62. The molecule has 0 saturated carbocycles. The summed E-state index contributed by atoms with van der Waals surface area (Å²) in [6, 6.07) is 0.341. The van der Waals surface area contributed by atoms with E-state index in [0.717, 1.165) is 47.3 Å². The van der Waals surface area contributed by atoms with Crippen LogP contribution < -0.4 is 11.1 Å². The molecule has 3 heterocycles. The van der Waals surface area contributed by atoms with Gasteiger partial charge in [-0.15, -0.1) is 11.3 Å². The predicted octanol–water partition coefficient (Wildman–Crippen LogP) is 2.75. The van der Waals surface area contributed by atoms with E-state index in [0.29, 0.717) is 11.9 Å². The smallest absolute Gasteiger partial charge is 0.149 e. The maximum absolute atomic E-state index is 5.98. The zero-order valence-electron chi connectivity index (χ0n) is 10.7. The number of thiazole rings is 1. The number of nitrogen functional groups attached to an aromatic ring is 1. The second kappa shape index (κ2) is 5.44. The Bertz CT molecular complexity index is 560. The Labute approximate surface area is 120 Å². The average molecular weight is 296 g/mol. The Hall–Kier alpha value is -1.18. The van der Waals surface area contributed by atoms with Gasteiger partial charge in [0.15, 0.2) is 0 Å². The van der Waals surface area contributed by atoms with Crippen LogP contribution in [0.5, 0.6) is 0 Å². The van der Waals surface area contributed by atoms with E-state index in [9.17, 15) is 0 Å². The van der Waals surface area contributed by atoms with Gasteiger partial charge in [0.1, 0.15) is 15.8 Å². The van der Waals surface area contributed by atoms with E-state index in [-0.39, 0.29) is 0 Å². The van der Waals surface area contributed by atoms with Gasteiger partial charge in [-0.3, -0.25) is 0 Å². The highest BCUT2D eigenvalue weighted by molar-refractivity contribution is 7.15. The lowest BCUT2D eigenvalue weighted by Crippen LogP contribution is -2.29. The van der Waals surface area contributed by atoms with Crippen molar-refractivity contribution < 1.29 is 4.74 Å². The van der Waals surface area contributed by atoms with Crippen molar-refractivity contribution in [1.82, 2.24) is 9.36 Å². The van der Waals surface area contributed by atoms with E-state index in [1.807, 2.05) is 12.3 Å². The van der Waals surface area contributed by atoms with Gasteiger partial charge in [0.2, 0.25) is 0 Å². The fraction of sp³-hybridized carbons (Fsp3) is 0.500. The molecular formula is C12H16N4OS2. The summed E-state index contributed by atoms with van der Waals surface area (Å²) in [4.78, 5) is 4.50. The predicted molar refractivity (Wildman–Crippen MR) is 79.8 cm³/mol. The van der Waals surface area contributed by atoms with Gasteiger partial charge in [-0.05, 0) is 31.3 Å². The number of nitrogens with one attached hydrogen (secondary N) is 1. The second-order valence-corrected chi connectivity index (χ2v) is 6.26. The molecule has 2 aromatic heterocycles. The fourth-order valence-electron chi connectivity index (χ4n) is 2.12. The molecule has 7 heteroatoms. The third kappa shape index (κ3) is 2.72. The van der Waals surface area contributed by atoms with Gasteiger partial charge in [-0.1, -0.05) is 0 Å².